The zero-order valence-electron chi connectivity index (χ0n) is 40.3. The van der Waals surface area contributed by atoms with Crippen LogP contribution in [0.1, 0.15) is 121 Å². The molecule has 1 aromatic heterocycles. The second-order valence-corrected chi connectivity index (χ2v) is 21.5. The summed E-state index contributed by atoms with van der Waals surface area (Å²) >= 11 is 0. The van der Waals surface area contributed by atoms with Crippen LogP contribution in [0.15, 0.2) is 66.7 Å². The number of aliphatic hydroxyl groups excluding tert-OH is 2. The normalized spacial score (nSPS) is 27.5. The number of nitrogens with one attached hydrogen (secondary N) is 4. The summed E-state index contributed by atoms with van der Waals surface area (Å²) in [5.41, 5.74) is 3.73. The maximum Gasteiger partial charge on any atom is 0.241 e. The number of methoxy groups -OCH3 is 1. The highest BCUT2D eigenvalue weighted by molar-refractivity contribution is 5.92. The van der Waals surface area contributed by atoms with Crippen LogP contribution in [0.2, 0.25) is 0 Å². The average molecular weight is 917 g/mol. The first-order valence-electron chi connectivity index (χ1n) is 25.7. The van der Waals surface area contributed by atoms with Crippen molar-refractivity contribution >= 4 is 22.7 Å². The van der Waals surface area contributed by atoms with Gasteiger partial charge in [0.2, 0.25) is 11.8 Å². The number of carbonyl (C=O) groups is 2. The van der Waals surface area contributed by atoms with E-state index >= 15 is 0 Å². The lowest BCUT2D eigenvalue weighted by Gasteiger charge is -2.62. The molecule has 12 heteroatoms. The highest BCUT2D eigenvalue weighted by atomic mass is 16.5. The van der Waals surface area contributed by atoms with Crippen molar-refractivity contribution in [3.05, 3.63) is 77.9 Å². The van der Waals surface area contributed by atoms with E-state index in [4.69, 9.17) is 14.6 Å². The number of ether oxygens (including phenoxy) is 2. The van der Waals surface area contributed by atoms with Gasteiger partial charge in [0.05, 0.1) is 36.9 Å². The van der Waals surface area contributed by atoms with Gasteiger partial charge in [0.25, 0.3) is 0 Å². The minimum atomic E-state index is -0.705. The maximum absolute atomic E-state index is 14.6. The van der Waals surface area contributed by atoms with Crippen LogP contribution in [-0.2, 0) is 21.4 Å². The number of amides is 2. The van der Waals surface area contributed by atoms with Crippen LogP contribution in [0.5, 0.6) is 11.5 Å². The number of hydrogen-bond acceptors (Lipinski definition) is 9. The molecule has 2 saturated heterocycles. The van der Waals surface area contributed by atoms with Crippen molar-refractivity contribution in [2.24, 2.45) is 28.1 Å². The van der Waals surface area contributed by atoms with Gasteiger partial charge < -0.3 is 35.2 Å². The molecule has 0 radical (unpaired) electrons. The van der Waals surface area contributed by atoms with Gasteiger partial charge in [-0.2, -0.15) is 5.10 Å². The number of rotatable bonds is 12. The van der Waals surface area contributed by atoms with Gasteiger partial charge in [-0.25, -0.2) is 0 Å². The summed E-state index contributed by atoms with van der Waals surface area (Å²) in [5, 5.41) is 45.2. The average Bonchev–Trinajstić information content (AvgIpc) is 4.15. The lowest BCUT2D eigenvalue weighted by molar-refractivity contribution is -0.170. The highest BCUT2D eigenvalue weighted by Gasteiger charge is 2.65. The fourth-order valence-electron chi connectivity index (χ4n) is 14.0. The van der Waals surface area contributed by atoms with Crippen molar-refractivity contribution in [3.8, 4) is 22.8 Å². The molecule has 2 bridgehead atoms. The van der Waals surface area contributed by atoms with Gasteiger partial charge in [-0.3, -0.25) is 20.0 Å². The van der Waals surface area contributed by atoms with Gasteiger partial charge in [-0.1, -0.05) is 88.4 Å². The van der Waals surface area contributed by atoms with Crippen LogP contribution >= 0.6 is 0 Å². The zero-order valence-corrected chi connectivity index (χ0v) is 40.3. The Hall–Kier alpha value is -4.49. The number of nitrogens with zero attached hydrogens (tertiary/aromatic N) is 2. The van der Waals surface area contributed by atoms with Gasteiger partial charge in [0.1, 0.15) is 24.3 Å². The molecular formula is C55H76N6O6. The SMILES string of the molecule is COc1ccc2c(c1)CC(C(=O)NCC(=O)N(CC(C)C)CC1(C34CCC(C5(c6ccc(-c7n[nH]c8ccccc78)cc6)CCCC5)(CC3)C(O)NCCCCCNCC4O)CCCC1)CO2. The van der Waals surface area contributed by atoms with Gasteiger partial charge in [0, 0.05) is 46.8 Å². The fraction of sp³-hybridized carbons (Fsp3) is 0.618. The van der Waals surface area contributed by atoms with Crippen molar-refractivity contribution in [2.45, 2.75) is 134 Å². The monoisotopic (exact) mass is 917 g/mol. The summed E-state index contributed by atoms with van der Waals surface area (Å²) in [5.74, 6) is 1.01. The van der Waals surface area contributed by atoms with E-state index in [1.165, 1.54) is 5.56 Å². The number of fused-ring (bicyclic) bond motifs is 13. The molecule has 4 aromatic rings. The second kappa shape index (κ2) is 20.2. The summed E-state index contributed by atoms with van der Waals surface area (Å²) in [6.45, 7) is 7.70. The van der Waals surface area contributed by atoms with E-state index < -0.39 is 29.1 Å². The van der Waals surface area contributed by atoms with Crippen molar-refractivity contribution in [2.75, 3.05) is 53.0 Å². The van der Waals surface area contributed by atoms with Crippen molar-refractivity contribution in [1.82, 2.24) is 31.0 Å². The van der Waals surface area contributed by atoms with Crippen molar-refractivity contribution in [1.29, 1.82) is 0 Å². The first-order valence-corrected chi connectivity index (χ1v) is 25.7. The van der Waals surface area contributed by atoms with Gasteiger partial charge in [0.15, 0.2) is 0 Å². The number of hydrogen-bond donors (Lipinski definition) is 6. The van der Waals surface area contributed by atoms with Crippen LogP contribution in [0.25, 0.3) is 22.2 Å². The molecule has 4 heterocycles. The number of carbonyl (C=O) groups excluding carboxylic acids is 2. The second-order valence-electron chi connectivity index (χ2n) is 21.5. The molecule has 5 fully saturated rings. The van der Waals surface area contributed by atoms with E-state index in [2.05, 4.69) is 77.4 Å². The van der Waals surface area contributed by atoms with E-state index in [-0.39, 0.29) is 41.7 Å². The number of benzene rings is 3. The Kier molecular flexibility index (Phi) is 14.4. The summed E-state index contributed by atoms with van der Waals surface area (Å²) in [4.78, 5) is 30.3. The lowest BCUT2D eigenvalue weighted by atomic mass is 9.44. The first kappa shape index (κ1) is 47.6. The molecular weight excluding hydrogens is 841 g/mol. The maximum atomic E-state index is 14.6. The number of H-pyrrole nitrogens is 1. The summed E-state index contributed by atoms with van der Waals surface area (Å²) < 4.78 is 11.4. The number of aromatic amines is 1. The number of aliphatic hydroxyl groups is 2. The van der Waals surface area contributed by atoms with Crippen LogP contribution in [0.4, 0.5) is 0 Å². The van der Waals surface area contributed by atoms with Gasteiger partial charge in [-0.05, 0) is 130 Å². The molecule has 3 aromatic carbocycles. The Labute approximate surface area is 397 Å². The summed E-state index contributed by atoms with van der Waals surface area (Å²) in [6.07, 6.45) is 13.5. The smallest absolute Gasteiger partial charge is 0.241 e. The van der Waals surface area contributed by atoms with Crippen LogP contribution < -0.4 is 25.4 Å². The largest absolute Gasteiger partial charge is 0.497 e. The standard InChI is InChI=1S/C55H76N6O6/c1-38(2)35-61(48(63)34-58-50(64)41-31-40-32-43(66-3)19-20-46(40)67-36-41)37-52(21-7-8-22-52)54-25-27-55(28-26-54,51(65)57-30-12-4-11-29-56-33-47(54)62)53(23-9-10-24-53)42-17-15-39(16-18-42)49-44-13-5-6-14-45(44)59-60-49/h5-6,13-20,32,38,41,47,51,56-57,62,65H,4,7-12,21-31,33-37H2,1-3H3,(H,58,64)(H,59,60). The third-order valence-corrected chi connectivity index (χ3v) is 17.5. The Bertz CT molecular complexity index is 2310. The van der Waals surface area contributed by atoms with Crippen molar-refractivity contribution in [3.63, 3.8) is 0 Å². The first-order chi connectivity index (χ1) is 32.5. The van der Waals surface area contributed by atoms with Crippen LogP contribution in [0.3, 0.4) is 0 Å². The predicted octanol–water partition coefficient (Wildman–Crippen LogP) is 8.05. The van der Waals surface area contributed by atoms with Crippen LogP contribution in [-0.4, -0.2) is 102 Å². The molecule has 3 saturated carbocycles. The molecule has 67 heavy (non-hydrogen) atoms. The fourth-order valence-corrected chi connectivity index (χ4v) is 14.0. The lowest BCUT2D eigenvalue weighted by Crippen LogP contribution is -2.64. The number of para-hydroxylation sites is 1. The van der Waals surface area contributed by atoms with Gasteiger partial charge >= 0.3 is 0 Å². The third-order valence-electron chi connectivity index (χ3n) is 17.5. The van der Waals surface area contributed by atoms with E-state index in [0.29, 0.717) is 26.1 Å². The Morgan fingerprint density at radius 2 is 1.58 bits per heavy atom. The number of aromatic nitrogens is 2. The molecule has 3 atom stereocenters. The Balaban J connectivity index is 1.01. The quantitative estimate of drug-likeness (QED) is 0.0827. The molecule has 3 aliphatic carbocycles. The molecule has 6 N–H and O–H groups in total. The Morgan fingerprint density at radius 1 is 0.866 bits per heavy atom. The topological polar surface area (TPSA) is 161 Å². The molecule has 12 nitrogen and oxygen atoms in total. The summed E-state index contributed by atoms with van der Waals surface area (Å²) in [6, 6.07) is 23.0. The molecule has 6 aliphatic rings. The predicted molar refractivity (Wildman–Crippen MR) is 263 cm³/mol. The van der Waals surface area contributed by atoms with Crippen molar-refractivity contribution < 1.29 is 29.3 Å². The zero-order chi connectivity index (χ0) is 46.7. The molecule has 2 amide bonds. The summed E-state index contributed by atoms with van der Waals surface area (Å²) in [7, 11) is 1.63. The molecule has 362 valence electrons. The van der Waals surface area contributed by atoms with Gasteiger partial charge in [-0.15, -0.1) is 0 Å². The van der Waals surface area contributed by atoms with Crippen LogP contribution in [0, 0.1) is 28.1 Å². The Morgan fingerprint density at radius 3 is 2.33 bits per heavy atom. The molecule has 3 aliphatic heterocycles. The minimum absolute atomic E-state index is 0.0845. The minimum Gasteiger partial charge on any atom is -0.497 e. The van der Waals surface area contributed by atoms with E-state index in [1.807, 2.05) is 29.2 Å². The third kappa shape index (κ3) is 9.12. The highest BCUT2D eigenvalue weighted by Crippen LogP contribution is 2.68. The van der Waals surface area contributed by atoms with E-state index in [9.17, 15) is 19.8 Å². The molecule has 10 rings (SSSR count). The molecule has 3 unspecified atom stereocenters. The van der Waals surface area contributed by atoms with E-state index in [0.717, 1.165) is 149 Å². The molecule has 0 spiro atoms. The van der Waals surface area contributed by atoms with E-state index in [1.54, 1.807) is 7.11 Å².